The van der Waals surface area contributed by atoms with Crippen LogP contribution in [-0.2, 0) is 17.6 Å². The van der Waals surface area contributed by atoms with Crippen LogP contribution in [0.5, 0.6) is 0 Å². The summed E-state index contributed by atoms with van der Waals surface area (Å²) in [5.74, 6) is -0.992. The lowest BCUT2D eigenvalue weighted by Gasteiger charge is -2.25. The smallest absolute Gasteiger partial charge is 0.395 e. The van der Waals surface area contributed by atoms with Gasteiger partial charge in [-0.05, 0) is 24.0 Å². The SMILES string of the molecule is O=C(C1Cc2ccccc2C1)N(CCO)CC(F)(F)F. The molecule has 0 spiro atoms. The van der Waals surface area contributed by atoms with Gasteiger partial charge in [0.2, 0.25) is 5.91 Å². The minimum atomic E-state index is -4.45. The van der Waals surface area contributed by atoms with Crippen molar-refractivity contribution in [3.63, 3.8) is 0 Å². The number of carbonyl (C=O) groups excluding carboxylic acids is 1. The van der Waals surface area contributed by atoms with Gasteiger partial charge in [0.15, 0.2) is 0 Å². The number of benzene rings is 1. The van der Waals surface area contributed by atoms with Crippen molar-refractivity contribution in [1.82, 2.24) is 4.90 Å². The number of halogens is 3. The van der Waals surface area contributed by atoms with Crippen LogP contribution in [0, 0.1) is 5.92 Å². The van der Waals surface area contributed by atoms with Crippen molar-refractivity contribution in [1.29, 1.82) is 0 Å². The van der Waals surface area contributed by atoms with E-state index in [1.54, 1.807) is 0 Å². The van der Waals surface area contributed by atoms with E-state index in [1.807, 2.05) is 24.3 Å². The van der Waals surface area contributed by atoms with Crippen molar-refractivity contribution in [2.24, 2.45) is 5.92 Å². The molecule has 110 valence electrons. The zero-order valence-electron chi connectivity index (χ0n) is 10.9. The van der Waals surface area contributed by atoms with Gasteiger partial charge in [-0.3, -0.25) is 4.79 Å². The number of alkyl halides is 3. The predicted molar refractivity (Wildman–Crippen MR) is 67.1 cm³/mol. The monoisotopic (exact) mass is 287 g/mol. The normalized spacial score (nSPS) is 15.2. The van der Waals surface area contributed by atoms with E-state index in [-0.39, 0.29) is 6.54 Å². The summed E-state index contributed by atoms with van der Waals surface area (Å²) in [6, 6.07) is 7.49. The maximum atomic E-state index is 12.5. The van der Waals surface area contributed by atoms with Gasteiger partial charge in [0, 0.05) is 12.5 Å². The second-order valence-corrected chi connectivity index (χ2v) is 4.97. The van der Waals surface area contributed by atoms with E-state index in [0.717, 1.165) is 11.1 Å². The van der Waals surface area contributed by atoms with E-state index in [9.17, 15) is 18.0 Å². The highest BCUT2D eigenvalue weighted by molar-refractivity contribution is 5.80. The lowest BCUT2D eigenvalue weighted by atomic mass is 10.0. The summed E-state index contributed by atoms with van der Waals surface area (Å²) in [6.07, 6.45) is -3.51. The third kappa shape index (κ3) is 3.50. The highest BCUT2D eigenvalue weighted by atomic mass is 19.4. The molecule has 2 rings (SSSR count). The third-order valence-corrected chi connectivity index (χ3v) is 3.45. The summed E-state index contributed by atoms with van der Waals surface area (Å²) in [5.41, 5.74) is 2.03. The maximum absolute atomic E-state index is 12.5. The first-order valence-corrected chi connectivity index (χ1v) is 6.44. The molecule has 20 heavy (non-hydrogen) atoms. The molecule has 1 aromatic carbocycles. The lowest BCUT2D eigenvalue weighted by molar-refractivity contribution is -0.164. The van der Waals surface area contributed by atoms with Gasteiger partial charge in [-0.15, -0.1) is 0 Å². The molecule has 0 atom stereocenters. The fourth-order valence-corrected chi connectivity index (χ4v) is 2.60. The Morgan fingerprint density at radius 3 is 2.25 bits per heavy atom. The molecular weight excluding hydrogens is 271 g/mol. The summed E-state index contributed by atoms with van der Waals surface area (Å²) in [4.78, 5) is 12.9. The van der Waals surface area contributed by atoms with E-state index in [4.69, 9.17) is 5.11 Å². The second kappa shape index (κ2) is 5.83. The Morgan fingerprint density at radius 2 is 1.80 bits per heavy atom. The molecule has 0 radical (unpaired) electrons. The van der Waals surface area contributed by atoms with Gasteiger partial charge in [-0.2, -0.15) is 13.2 Å². The first kappa shape index (κ1) is 14.8. The Labute approximate surface area is 115 Å². The molecule has 0 bridgehead atoms. The summed E-state index contributed by atoms with van der Waals surface area (Å²) >= 11 is 0. The average Bonchev–Trinajstić information content (AvgIpc) is 2.79. The molecule has 0 saturated heterocycles. The van der Waals surface area contributed by atoms with Crippen molar-refractivity contribution in [3.8, 4) is 0 Å². The molecule has 6 heteroatoms. The Kier molecular flexibility index (Phi) is 4.32. The molecule has 0 fully saturated rings. The summed E-state index contributed by atoms with van der Waals surface area (Å²) in [6.45, 7) is -2.06. The molecule has 1 aromatic rings. The molecule has 0 heterocycles. The first-order valence-electron chi connectivity index (χ1n) is 6.44. The van der Waals surface area contributed by atoms with E-state index in [0.29, 0.717) is 17.7 Å². The standard InChI is InChI=1S/C14H16F3NO2/c15-14(16,17)9-18(5-6-19)13(20)12-7-10-3-1-2-4-11(10)8-12/h1-4,12,19H,5-9H2. The Hall–Kier alpha value is -1.56. The Balaban J connectivity index is 2.06. The topological polar surface area (TPSA) is 40.5 Å². The van der Waals surface area contributed by atoms with Gasteiger partial charge >= 0.3 is 6.18 Å². The fraction of sp³-hybridized carbons (Fsp3) is 0.500. The quantitative estimate of drug-likeness (QED) is 0.917. The zero-order chi connectivity index (χ0) is 14.8. The van der Waals surface area contributed by atoms with Crippen LogP contribution in [0.25, 0.3) is 0 Å². The van der Waals surface area contributed by atoms with E-state index in [2.05, 4.69) is 0 Å². The van der Waals surface area contributed by atoms with E-state index >= 15 is 0 Å². The van der Waals surface area contributed by atoms with Crippen LogP contribution in [0.4, 0.5) is 13.2 Å². The number of carbonyl (C=O) groups is 1. The minimum Gasteiger partial charge on any atom is -0.395 e. The number of aliphatic hydroxyl groups is 1. The van der Waals surface area contributed by atoms with E-state index in [1.165, 1.54) is 0 Å². The first-order chi connectivity index (χ1) is 9.40. The largest absolute Gasteiger partial charge is 0.406 e. The molecule has 1 amide bonds. The van der Waals surface area contributed by atoms with Crippen molar-refractivity contribution in [2.75, 3.05) is 19.7 Å². The number of nitrogens with zero attached hydrogens (tertiary/aromatic N) is 1. The molecule has 1 aliphatic rings. The lowest BCUT2D eigenvalue weighted by Crippen LogP contribution is -2.43. The van der Waals surface area contributed by atoms with Gasteiger partial charge < -0.3 is 10.0 Å². The van der Waals surface area contributed by atoms with Gasteiger partial charge in [0.05, 0.1) is 6.61 Å². The van der Waals surface area contributed by atoms with Crippen LogP contribution in [0.3, 0.4) is 0 Å². The predicted octanol–water partition coefficient (Wildman–Crippen LogP) is 1.78. The zero-order valence-corrected chi connectivity index (χ0v) is 10.9. The Bertz CT molecular complexity index is 463. The van der Waals surface area contributed by atoms with Crippen LogP contribution in [0.1, 0.15) is 11.1 Å². The molecule has 1 N–H and O–H groups in total. The van der Waals surface area contributed by atoms with Crippen LogP contribution >= 0.6 is 0 Å². The molecule has 3 nitrogen and oxygen atoms in total. The average molecular weight is 287 g/mol. The number of fused-ring (bicyclic) bond motifs is 1. The Morgan fingerprint density at radius 1 is 1.25 bits per heavy atom. The molecule has 1 aliphatic carbocycles. The number of aliphatic hydroxyl groups excluding tert-OH is 1. The molecule has 0 aliphatic heterocycles. The minimum absolute atomic E-state index is 0.287. The number of hydrogen-bond donors (Lipinski definition) is 1. The summed E-state index contributed by atoms with van der Waals surface area (Å²) in [5, 5.41) is 8.84. The van der Waals surface area contributed by atoms with Crippen LogP contribution in [-0.4, -0.2) is 41.8 Å². The van der Waals surface area contributed by atoms with Gasteiger partial charge in [-0.1, -0.05) is 24.3 Å². The molecule has 0 unspecified atom stereocenters. The highest BCUT2D eigenvalue weighted by Gasteiger charge is 2.36. The highest BCUT2D eigenvalue weighted by Crippen LogP contribution is 2.28. The van der Waals surface area contributed by atoms with Gasteiger partial charge in [0.1, 0.15) is 6.54 Å². The number of rotatable bonds is 4. The van der Waals surface area contributed by atoms with Crippen molar-refractivity contribution in [2.45, 2.75) is 19.0 Å². The molecule has 0 aromatic heterocycles. The van der Waals surface area contributed by atoms with Crippen LogP contribution in [0.2, 0.25) is 0 Å². The second-order valence-electron chi connectivity index (χ2n) is 4.97. The summed E-state index contributed by atoms with van der Waals surface area (Å²) < 4.78 is 37.4. The van der Waals surface area contributed by atoms with Crippen molar-refractivity contribution in [3.05, 3.63) is 35.4 Å². The van der Waals surface area contributed by atoms with Gasteiger partial charge in [-0.25, -0.2) is 0 Å². The van der Waals surface area contributed by atoms with Crippen LogP contribution in [0.15, 0.2) is 24.3 Å². The van der Waals surface area contributed by atoms with Gasteiger partial charge in [0.25, 0.3) is 0 Å². The number of hydrogen-bond acceptors (Lipinski definition) is 2. The van der Waals surface area contributed by atoms with Crippen molar-refractivity contribution >= 4 is 5.91 Å². The molecule has 0 saturated carbocycles. The third-order valence-electron chi connectivity index (χ3n) is 3.45. The summed E-state index contributed by atoms with van der Waals surface area (Å²) in [7, 11) is 0. The van der Waals surface area contributed by atoms with Crippen LogP contribution < -0.4 is 0 Å². The number of amides is 1. The van der Waals surface area contributed by atoms with Crippen molar-refractivity contribution < 1.29 is 23.1 Å². The maximum Gasteiger partial charge on any atom is 0.406 e. The van der Waals surface area contributed by atoms with E-state index < -0.39 is 31.2 Å². The molecular formula is C14H16F3NO2. The fourth-order valence-electron chi connectivity index (χ4n) is 2.60.